The first-order chi connectivity index (χ1) is 16.0. The Morgan fingerprint density at radius 3 is 2.36 bits per heavy atom. The first-order valence-corrected chi connectivity index (χ1v) is 12.0. The van der Waals surface area contributed by atoms with Gasteiger partial charge in [-0.15, -0.1) is 5.14 Å². The van der Waals surface area contributed by atoms with Crippen LogP contribution >= 0.6 is 0 Å². The van der Waals surface area contributed by atoms with Crippen LogP contribution in [0.15, 0.2) is 84.1 Å². The molecule has 3 heterocycles. The molecule has 8 heteroatoms. The summed E-state index contributed by atoms with van der Waals surface area (Å²) in [6.07, 6.45) is 5.67. The van der Waals surface area contributed by atoms with Gasteiger partial charge in [0.2, 0.25) is 0 Å². The lowest BCUT2D eigenvalue weighted by Crippen LogP contribution is -2.62. The molecule has 7 nitrogen and oxygen atoms in total. The quantitative estimate of drug-likeness (QED) is 0.285. The van der Waals surface area contributed by atoms with Crippen LogP contribution in [0.4, 0.5) is 0 Å². The van der Waals surface area contributed by atoms with Crippen molar-refractivity contribution in [3.8, 4) is 22.3 Å². The maximum Gasteiger partial charge on any atom is 0.182 e. The van der Waals surface area contributed by atoms with E-state index in [4.69, 9.17) is 15.9 Å². The van der Waals surface area contributed by atoms with E-state index in [9.17, 15) is 4.21 Å². The first-order valence-electron chi connectivity index (χ1n) is 10.7. The van der Waals surface area contributed by atoms with E-state index in [1.54, 1.807) is 4.52 Å². The zero-order valence-corrected chi connectivity index (χ0v) is 18.7. The molecule has 0 saturated carbocycles. The Kier molecular flexibility index (Phi) is 4.63. The second-order valence-corrected chi connectivity index (χ2v) is 9.64. The minimum Gasteiger partial charge on any atom is -0.319 e. The van der Waals surface area contributed by atoms with E-state index in [0.717, 1.165) is 57.3 Å². The van der Waals surface area contributed by atoms with Crippen molar-refractivity contribution in [2.24, 2.45) is 10.9 Å². The molecule has 1 unspecified atom stereocenters. The highest BCUT2D eigenvalue weighted by Crippen LogP contribution is 2.34. The number of nitrogens with zero attached hydrogens (tertiary/aromatic N) is 3. The largest absolute Gasteiger partial charge is 0.319 e. The van der Waals surface area contributed by atoms with E-state index in [1.807, 2.05) is 55.0 Å². The van der Waals surface area contributed by atoms with Gasteiger partial charge >= 0.3 is 0 Å². The third-order valence-electron chi connectivity index (χ3n) is 6.46. The molecule has 1 fully saturated rings. The van der Waals surface area contributed by atoms with Crippen molar-refractivity contribution in [2.45, 2.75) is 10.4 Å². The molecule has 0 amide bonds. The molecule has 1 atom stereocenters. The maximum atomic E-state index is 12.0. The number of hydrogen-bond acceptors (Lipinski definition) is 5. The van der Waals surface area contributed by atoms with Crippen LogP contribution in [0.25, 0.3) is 38.7 Å². The van der Waals surface area contributed by atoms with E-state index in [2.05, 4.69) is 34.7 Å². The highest BCUT2D eigenvalue weighted by molar-refractivity contribution is 7.82. The summed E-state index contributed by atoms with van der Waals surface area (Å²) in [4.78, 5) is 5.39. The van der Waals surface area contributed by atoms with Crippen molar-refractivity contribution in [1.29, 1.82) is 0 Å². The number of rotatable bonds is 4. The summed E-state index contributed by atoms with van der Waals surface area (Å²) in [7, 11) is -1.94. The number of thiol groups is 1. The van der Waals surface area contributed by atoms with Crippen molar-refractivity contribution in [3.63, 3.8) is 0 Å². The molecule has 33 heavy (non-hydrogen) atoms. The molecule has 5 N–H and O–H groups in total. The van der Waals surface area contributed by atoms with Gasteiger partial charge in [0, 0.05) is 42.0 Å². The number of hydrogen-bond donors (Lipinski definition) is 3. The van der Waals surface area contributed by atoms with Gasteiger partial charge in [-0.25, -0.2) is 9.50 Å². The normalized spacial score (nSPS) is 16.1. The third kappa shape index (κ3) is 3.27. The van der Waals surface area contributed by atoms with E-state index >= 15 is 0 Å². The molecule has 164 valence electrons. The van der Waals surface area contributed by atoms with E-state index in [1.165, 1.54) is 0 Å². The molecule has 0 spiro atoms. The summed E-state index contributed by atoms with van der Waals surface area (Å²) in [6.45, 7) is 1.60. The molecule has 1 aliphatic heterocycles. The lowest BCUT2D eigenvalue weighted by Gasteiger charge is -2.39. The molecule has 3 aromatic carbocycles. The summed E-state index contributed by atoms with van der Waals surface area (Å²) in [5.74, 6) is 0. The molecule has 1 aliphatic rings. The number of benzene rings is 3. The van der Waals surface area contributed by atoms with Gasteiger partial charge in [-0.2, -0.15) is 5.10 Å². The van der Waals surface area contributed by atoms with Crippen molar-refractivity contribution in [1.82, 2.24) is 19.9 Å². The predicted octanol–water partition coefficient (Wildman–Crippen LogP) is 2.90. The molecule has 5 aromatic rings. The highest BCUT2D eigenvalue weighted by Gasteiger charge is 2.33. The average molecular weight is 456 g/mol. The Morgan fingerprint density at radius 2 is 1.67 bits per heavy atom. The van der Waals surface area contributed by atoms with Crippen molar-refractivity contribution in [2.75, 3.05) is 13.1 Å². The number of nitrogens with two attached hydrogens (primary N) is 2. The Morgan fingerprint density at radius 1 is 0.909 bits per heavy atom. The second kappa shape index (κ2) is 7.57. The first kappa shape index (κ1) is 20.2. The average Bonchev–Trinajstić information content (AvgIpc) is 3.25. The minimum atomic E-state index is -1.94. The van der Waals surface area contributed by atoms with Crippen LogP contribution in [0.2, 0.25) is 0 Å². The number of fused-ring (bicyclic) bond motifs is 2. The van der Waals surface area contributed by atoms with Crippen LogP contribution in [0.3, 0.4) is 0 Å². The standard InChI is InChI=1S/C25H22N6OS/c26-25(14-28-15-25)18-7-5-16(6-8-18)17-11-29-24-22(12-30-31(24)13-17)20-9-10-23(33(27)32)21-4-2-1-3-19(20)21/h1-13,28H,14-15,26H2,(H2,27,32)/p+1. The molecular weight excluding hydrogens is 432 g/mol. The molecule has 1 saturated heterocycles. The SMILES string of the molecule is N[SH+](=O)c1ccc(-c2cnn3cc(-c4ccc(C5(N)CNC5)cc4)cnc23)c2ccccc12. The molecule has 2 aromatic heterocycles. The van der Waals surface area contributed by atoms with Crippen LogP contribution in [0.5, 0.6) is 0 Å². The van der Waals surface area contributed by atoms with Crippen molar-refractivity contribution >= 4 is 27.4 Å². The molecular formula is C25H23N6OS+. The Bertz CT molecular complexity index is 1540. The summed E-state index contributed by atoms with van der Waals surface area (Å²) in [5, 5.41) is 15.4. The van der Waals surface area contributed by atoms with Crippen LogP contribution in [0.1, 0.15) is 5.56 Å². The van der Waals surface area contributed by atoms with E-state index in [-0.39, 0.29) is 5.54 Å². The molecule has 6 rings (SSSR count). The second-order valence-electron chi connectivity index (χ2n) is 8.51. The van der Waals surface area contributed by atoms with Gasteiger partial charge in [0.05, 0.1) is 11.7 Å². The fourth-order valence-corrected chi connectivity index (χ4v) is 5.17. The van der Waals surface area contributed by atoms with Gasteiger partial charge in [-0.1, -0.05) is 46.7 Å². The van der Waals surface area contributed by atoms with Gasteiger partial charge in [-0.05, 0) is 40.3 Å². The van der Waals surface area contributed by atoms with Gasteiger partial charge < -0.3 is 11.1 Å². The van der Waals surface area contributed by atoms with Crippen LogP contribution in [-0.4, -0.2) is 27.7 Å². The van der Waals surface area contributed by atoms with Crippen LogP contribution in [-0.2, 0) is 20.7 Å². The summed E-state index contributed by atoms with van der Waals surface area (Å²) in [6, 6.07) is 20.0. The fourth-order valence-electron chi connectivity index (χ4n) is 4.52. The maximum absolute atomic E-state index is 12.0. The third-order valence-corrected chi connectivity index (χ3v) is 7.32. The summed E-state index contributed by atoms with van der Waals surface area (Å²) >= 11 is 0. The zero-order chi connectivity index (χ0) is 22.6. The van der Waals surface area contributed by atoms with Crippen molar-refractivity contribution in [3.05, 3.63) is 84.8 Å². The smallest absolute Gasteiger partial charge is 0.182 e. The summed E-state index contributed by atoms with van der Waals surface area (Å²) in [5.41, 5.74) is 11.9. The van der Waals surface area contributed by atoms with Gasteiger partial charge in [0.1, 0.15) is 0 Å². The van der Waals surface area contributed by atoms with E-state index < -0.39 is 11.0 Å². The lowest BCUT2D eigenvalue weighted by molar-refractivity contribution is 0.287. The van der Waals surface area contributed by atoms with Gasteiger partial charge in [0.25, 0.3) is 0 Å². The van der Waals surface area contributed by atoms with Crippen LogP contribution < -0.4 is 16.2 Å². The lowest BCUT2D eigenvalue weighted by atomic mass is 9.85. The Labute approximate surface area is 193 Å². The fraction of sp³-hybridized carbons (Fsp3) is 0.120. The molecule has 0 radical (unpaired) electrons. The Hall–Kier alpha value is -3.43. The molecule has 0 aliphatic carbocycles. The summed E-state index contributed by atoms with van der Waals surface area (Å²) < 4.78 is 13.8. The van der Waals surface area contributed by atoms with Gasteiger partial charge in [-0.3, -0.25) is 0 Å². The van der Waals surface area contributed by atoms with Gasteiger partial charge in [0.15, 0.2) is 21.5 Å². The molecule has 0 bridgehead atoms. The predicted molar refractivity (Wildman–Crippen MR) is 132 cm³/mol. The topological polar surface area (TPSA) is 111 Å². The Balaban J connectivity index is 1.41. The number of aromatic nitrogens is 3. The zero-order valence-electron chi connectivity index (χ0n) is 17.8. The number of nitrogens with one attached hydrogen (secondary N) is 1. The van der Waals surface area contributed by atoms with Crippen LogP contribution in [0, 0.1) is 0 Å². The highest BCUT2D eigenvalue weighted by atomic mass is 32.2. The van der Waals surface area contributed by atoms with E-state index in [0.29, 0.717) is 4.90 Å². The minimum absolute atomic E-state index is 0.271. The van der Waals surface area contributed by atoms with Crippen molar-refractivity contribution < 1.29 is 4.21 Å². The monoisotopic (exact) mass is 455 g/mol.